The summed E-state index contributed by atoms with van der Waals surface area (Å²) >= 11 is 0. The van der Waals surface area contributed by atoms with Crippen molar-refractivity contribution in [2.45, 2.75) is 38.8 Å². The number of fused-ring (bicyclic) bond motifs is 6. The number of ether oxygens (including phenoxy) is 2. The summed E-state index contributed by atoms with van der Waals surface area (Å²) in [5, 5.41) is 11.3. The zero-order valence-corrected chi connectivity index (χ0v) is 19.7. The van der Waals surface area contributed by atoms with Crippen LogP contribution in [0.2, 0.25) is 0 Å². The molecule has 3 heterocycles. The Morgan fingerprint density at radius 2 is 1.91 bits per heavy atom. The molecule has 0 bridgehead atoms. The second-order valence-electron chi connectivity index (χ2n) is 9.22. The fourth-order valence-corrected chi connectivity index (χ4v) is 5.67. The van der Waals surface area contributed by atoms with Crippen molar-refractivity contribution in [3.63, 3.8) is 0 Å². The molecule has 6 nitrogen and oxygen atoms in total. The number of rotatable bonds is 5. The number of aromatic nitrogens is 1. The van der Waals surface area contributed by atoms with Crippen LogP contribution in [0.3, 0.4) is 0 Å². The second kappa shape index (κ2) is 8.77. The van der Waals surface area contributed by atoms with Crippen molar-refractivity contribution >= 4 is 16.6 Å². The summed E-state index contributed by atoms with van der Waals surface area (Å²) in [5.41, 5.74) is 7.92. The largest absolute Gasteiger partial charge is 0.493 e. The molecule has 1 atom stereocenters. The van der Waals surface area contributed by atoms with Crippen LogP contribution >= 0.6 is 0 Å². The summed E-state index contributed by atoms with van der Waals surface area (Å²) in [7, 11) is 1.69. The van der Waals surface area contributed by atoms with E-state index in [0.717, 1.165) is 48.5 Å². The van der Waals surface area contributed by atoms with Crippen LogP contribution in [0.15, 0.2) is 60.7 Å². The topological polar surface area (TPSA) is 51.2 Å². The minimum atomic E-state index is 0.0000676. The van der Waals surface area contributed by atoms with Gasteiger partial charge in [0.2, 0.25) is 0 Å². The third kappa shape index (κ3) is 3.65. The molecule has 35 heavy (non-hydrogen) atoms. The summed E-state index contributed by atoms with van der Waals surface area (Å²) in [6, 6.07) is 20.4. The Morgan fingerprint density at radius 1 is 1.09 bits per heavy atom. The number of hydrogen-bond donors (Lipinski definition) is 1. The molecule has 6 rings (SSSR count). The number of aliphatic hydroxyl groups is 1. The van der Waals surface area contributed by atoms with E-state index in [4.69, 9.17) is 16.0 Å². The van der Waals surface area contributed by atoms with Crippen LogP contribution < -0.4 is 9.47 Å². The molecule has 0 radical (unpaired) electrons. The van der Waals surface area contributed by atoms with E-state index in [9.17, 15) is 5.11 Å². The molecule has 2 aliphatic rings. The first kappa shape index (κ1) is 21.7. The van der Waals surface area contributed by atoms with Crippen LogP contribution in [0.4, 0.5) is 5.69 Å². The maximum absolute atomic E-state index is 10.1. The van der Waals surface area contributed by atoms with Gasteiger partial charge in [-0.05, 0) is 53.3 Å². The maximum atomic E-state index is 10.1. The summed E-state index contributed by atoms with van der Waals surface area (Å²) in [4.78, 5) is 5.97. The van der Waals surface area contributed by atoms with Gasteiger partial charge in [0.1, 0.15) is 13.3 Å². The molecule has 6 heteroatoms. The van der Waals surface area contributed by atoms with Crippen LogP contribution in [-0.4, -0.2) is 28.2 Å². The highest BCUT2D eigenvalue weighted by atomic mass is 16.5. The molecule has 3 aromatic carbocycles. The second-order valence-corrected chi connectivity index (χ2v) is 9.22. The van der Waals surface area contributed by atoms with E-state index in [1.54, 1.807) is 7.11 Å². The lowest BCUT2D eigenvalue weighted by atomic mass is 9.85. The molecular formula is C29H27N3O3. The van der Waals surface area contributed by atoms with Gasteiger partial charge < -0.3 is 19.1 Å². The summed E-state index contributed by atoms with van der Waals surface area (Å²) in [5.74, 6) is 1.49. The Balaban J connectivity index is 1.32. The highest BCUT2D eigenvalue weighted by Crippen LogP contribution is 2.44. The first-order valence-electron chi connectivity index (χ1n) is 11.9. The molecular weight excluding hydrogens is 438 g/mol. The average Bonchev–Trinajstić information content (AvgIpc) is 3.22. The molecule has 4 aromatic rings. The van der Waals surface area contributed by atoms with E-state index in [1.165, 1.54) is 27.8 Å². The summed E-state index contributed by atoms with van der Waals surface area (Å²) in [6.07, 6.45) is 1.85. The molecule has 176 valence electrons. The highest BCUT2D eigenvalue weighted by molar-refractivity contribution is 5.86. The SMILES string of the molecule is [C-]#[N+]c1ccc(COc2cc3c(cc2OC)C2Cc4c(n(CO)c5ccccc45)CN2CC3)cc1. The number of nitrogens with zero attached hydrogens (tertiary/aromatic N) is 3. The van der Waals surface area contributed by atoms with Crippen molar-refractivity contribution in [3.8, 4) is 11.5 Å². The van der Waals surface area contributed by atoms with Crippen molar-refractivity contribution < 1.29 is 14.6 Å². The lowest BCUT2D eigenvalue weighted by Crippen LogP contribution is -2.39. The molecule has 1 aromatic heterocycles. The molecule has 0 amide bonds. The summed E-state index contributed by atoms with van der Waals surface area (Å²) in [6.45, 7) is 9.33. The Kier molecular flexibility index (Phi) is 5.44. The van der Waals surface area contributed by atoms with E-state index >= 15 is 0 Å². The maximum Gasteiger partial charge on any atom is 0.187 e. The van der Waals surface area contributed by atoms with Gasteiger partial charge in [-0.1, -0.05) is 42.5 Å². The molecule has 0 saturated heterocycles. The molecule has 2 aliphatic heterocycles. The first-order chi connectivity index (χ1) is 17.2. The van der Waals surface area contributed by atoms with E-state index in [2.05, 4.69) is 44.6 Å². The monoisotopic (exact) mass is 465 g/mol. The molecule has 0 aliphatic carbocycles. The minimum absolute atomic E-state index is 0.0000676. The van der Waals surface area contributed by atoms with Gasteiger partial charge in [-0.3, -0.25) is 4.90 Å². The summed E-state index contributed by atoms with van der Waals surface area (Å²) < 4.78 is 14.0. The van der Waals surface area contributed by atoms with Gasteiger partial charge >= 0.3 is 0 Å². The Morgan fingerprint density at radius 3 is 2.69 bits per heavy atom. The molecule has 0 saturated carbocycles. The first-order valence-corrected chi connectivity index (χ1v) is 11.9. The van der Waals surface area contributed by atoms with Crippen molar-refractivity contribution in [2.24, 2.45) is 0 Å². The average molecular weight is 466 g/mol. The quantitative estimate of drug-likeness (QED) is 0.402. The van der Waals surface area contributed by atoms with Gasteiger partial charge in [0.05, 0.1) is 19.2 Å². The van der Waals surface area contributed by atoms with E-state index in [0.29, 0.717) is 12.3 Å². The van der Waals surface area contributed by atoms with Crippen molar-refractivity contribution in [1.29, 1.82) is 0 Å². The zero-order chi connectivity index (χ0) is 23.9. The number of aliphatic hydroxyl groups excluding tert-OH is 1. The van der Waals surface area contributed by atoms with Crippen LogP contribution in [0.25, 0.3) is 15.7 Å². The lowest BCUT2D eigenvalue weighted by molar-refractivity contribution is 0.145. The standard InChI is InChI=1S/C29H27N3O3/c1-30-21-9-7-19(8-10-21)17-35-29-13-20-11-12-31-16-27-24(14-26(31)23(20)15-28(29)34-2)22-5-3-4-6-25(22)32(27)18-33/h3-10,13,15,26,33H,11-12,14,16-18H2,2H3. The Hall–Kier alpha value is -3.79. The number of hydrogen-bond acceptors (Lipinski definition) is 4. The van der Waals surface area contributed by atoms with Gasteiger partial charge in [-0.15, -0.1) is 0 Å². The van der Waals surface area contributed by atoms with Gasteiger partial charge in [-0.25, -0.2) is 4.85 Å². The predicted molar refractivity (Wildman–Crippen MR) is 135 cm³/mol. The van der Waals surface area contributed by atoms with Gasteiger partial charge in [0.15, 0.2) is 17.2 Å². The zero-order valence-electron chi connectivity index (χ0n) is 19.7. The molecule has 1 N–H and O–H groups in total. The van der Waals surface area contributed by atoms with Crippen molar-refractivity contribution in [3.05, 3.63) is 100 Å². The van der Waals surface area contributed by atoms with Crippen LogP contribution in [0, 0.1) is 6.57 Å². The third-order valence-electron chi connectivity index (χ3n) is 7.44. The Labute approximate surface area is 204 Å². The smallest absolute Gasteiger partial charge is 0.187 e. The number of methoxy groups -OCH3 is 1. The van der Waals surface area contributed by atoms with Crippen LogP contribution in [0.1, 0.15) is 34.0 Å². The van der Waals surface area contributed by atoms with Crippen LogP contribution in [-0.2, 0) is 32.7 Å². The molecule has 0 fully saturated rings. The minimum Gasteiger partial charge on any atom is -0.493 e. The highest BCUT2D eigenvalue weighted by Gasteiger charge is 2.35. The van der Waals surface area contributed by atoms with E-state index in [1.807, 2.05) is 30.3 Å². The predicted octanol–water partition coefficient (Wildman–Crippen LogP) is 5.38. The van der Waals surface area contributed by atoms with Crippen LogP contribution in [0.5, 0.6) is 11.5 Å². The van der Waals surface area contributed by atoms with Crippen molar-refractivity contribution in [1.82, 2.24) is 9.47 Å². The lowest BCUT2D eigenvalue weighted by Gasteiger charge is -2.41. The fourth-order valence-electron chi connectivity index (χ4n) is 5.67. The number of para-hydroxylation sites is 1. The molecule has 1 unspecified atom stereocenters. The van der Waals surface area contributed by atoms with E-state index in [-0.39, 0.29) is 12.8 Å². The third-order valence-corrected chi connectivity index (χ3v) is 7.44. The van der Waals surface area contributed by atoms with Gasteiger partial charge in [0, 0.05) is 30.2 Å². The number of benzene rings is 3. The van der Waals surface area contributed by atoms with Gasteiger partial charge in [-0.2, -0.15) is 0 Å². The fraction of sp³-hybridized carbons (Fsp3) is 0.276. The van der Waals surface area contributed by atoms with Gasteiger partial charge in [0.25, 0.3) is 0 Å². The van der Waals surface area contributed by atoms with Crippen molar-refractivity contribution in [2.75, 3.05) is 13.7 Å². The normalized spacial score (nSPS) is 16.8. The van der Waals surface area contributed by atoms with E-state index < -0.39 is 0 Å². The molecule has 0 spiro atoms. The Bertz CT molecular complexity index is 1450.